The number of anilines is 1. The van der Waals surface area contributed by atoms with Crippen molar-refractivity contribution in [2.75, 3.05) is 11.9 Å². The molecule has 4 nitrogen and oxygen atoms in total. The molecule has 0 fully saturated rings. The van der Waals surface area contributed by atoms with Crippen molar-refractivity contribution in [3.8, 4) is 0 Å². The highest BCUT2D eigenvalue weighted by molar-refractivity contribution is 5.75. The number of nitrogens with one attached hydrogen (secondary N) is 1. The molecule has 2 N–H and O–H groups in total. The normalized spacial score (nSPS) is 21.2. The minimum Gasteiger partial charge on any atom is -0.480 e. The van der Waals surface area contributed by atoms with Crippen molar-refractivity contribution < 1.29 is 23.1 Å². The molecule has 0 saturated carbocycles. The van der Waals surface area contributed by atoms with Crippen molar-refractivity contribution in [1.82, 2.24) is 5.32 Å². The molecule has 2 heterocycles. The lowest BCUT2D eigenvalue weighted by atomic mass is 9.91. The number of nitrogens with zero attached hydrogens (tertiary/aromatic N) is 1. The van der Waals surface area contributed by atoms with E-state index in [-0.39, 0.29) is 12.0 Å². The van der Waals surface area contributed by atoms with E-state index in [9.17, 15) is 23.1 Å². The van der Waals surface area contributed by atoms with Gasteiger partial charge in [-0.3, -0.25) is 0 Å². The zero-order chi connectivity index (χ0) is 16.8. The average molecular weight is 326 g/mol. The third-order valence-electron chi connectivity index (χ3n) is 4.46. The van der Waals surface area contributed by atoms with Crippen LogP contribution in [0.5, 0.6) is 0 Å². The number of rotatable bonds is 1. The van der Waals surface area contributed by atoms with Crippen LogP contribution in [-0.4, -0.2) is 24.2 Å². The number of carboxylic acids is 1. The van der Waals surface area contributed by atoms with Crippen molar-refractivity contribution in [2.45, 2.75) is 37.9 Å². The predicted octanol–water partition coefficient (Wildman–Crippen LogP) is 3.14. The average Bonchev–Trinajstić information content (AvgIpc) is 2.68. The van der Waals surface area contributed by atoms with E-state index in [1.807, 2.05) is 0 Å². The first-order valence-electron chi connectivity index (χ1n) is 7.43. The van der Waals surface area contributed by atoms with E-state index in [0.29, 0.717) is 30.8 Å². The highest BCUT2D eigenvalue weighted by atomic mass is 19.4. The molecule has 2 aliphatic rings. The standard InChI is InChI=1S/C16H17F3N2O2/c1-21-13-7-3-5-11(16(17,18)19)10(13)8-9-4-2-6-12(15(22)23)20-14(9)21/h3,5,7,12,20H,2,4,6,8H2,1H3,(H,22,23). The quantitative estimate of drug-likeness (QED) is 0.832. The van der Waals surface area contributed by atoms with E-state index >= 15 is 0 Å². The van der Waals surface area contributed by atoms with Crippen LogP contribution in [0.2, 0.25) is 0 Å². The van der Waals surface area contributed by atoms with Crippen molar-refractivity contribution in [1.29, 1.82) is 0 Å². The molecule has 1 aromatic carbocycles. The van der Waals surface area contributed by atoms with Crippen molar-refractivity contribution >= 4 is 11.7 Å². The Bertz CT molecular complexity index is 682. The molecule has 124 valence electrons. The summed E-state index contributed by atoms with van der Waals surface area (Å²) >= 11 is 0. The Hall–Kier alpha value is -2.18. The van der Waals surface area contributed by atoms with Gasteiger partial charge < -0.3 is 15.3 Å². The van der Waals surface area contributed by atoms with Gasteiger partial charge in [0.2, 0.25) is 0 Å². The molecule has 1 unspecified atom stereocenters. The van der Waals surface area contributed by atoms with Crippen LogP contribution < -0.4 is 10.2 Å². The Balaban J connectivity index is 2.04. The van der Waals surface area contributed by atoms with Gasteiger partial charge in [0.25, 0.3) is 0 Å². The number of hydrogen-bond donors (Lipinski definition) is 2. The second-order valence-electron chi connectivity index (χ2n) is 5.92. The summed E-state index contributed by atoms with van der Waals surface area (Å²) in [5.74, 6) is -0.316. The summed E-state index contributed by atoms with van der Waals surface area (Å²) in [6.45, 7) is 0. The van der Waals surface area contributed by atoms with Gasteiger partial charge in [0, 0.05) is 12.7 Å². The fraction of sp³-hybridized carbons (Fsp3) is 0.438. The first-order valence-corrected chi connectivity index (χ1v) is 7.43. The lowest BCUT2D eigenvalue weighted by molar-refractivity contribution is -0.139. The van der Waals surface area contributed by atoms with E-state index in [1.54, 1.807) is 18.0 Å². The molecule has 0 aromatic heterocycles. The van der Waals surface area contributed by atoms with Crippen LogP contribution in [0.25, 0.3) is 0 Å². The minimum atomic E-state index is -4.40. The zero-order valence-corrected chi connectivity index (χ0v) is 12.6. The summed E-state index contributed by atoms with van der Waals surface area (Å²) in [5.41, 5.74) is 0.946. The number of fused-ring (bicyclic) bond motifs is 1. The maximum Gasteiger partial charge on any atom is 0.416 e. The maximum absolute atomic E-state index is 13.2. The monoisotopic (exact) mass is 326 g/mol. The molecule has 0 amide bonds. The van der Waals surface area contributed by atoms with E-state index < -0.39 is 23.8 Å². The molecule has 0 radical (unpaired) electrons. The topological polar surface area (TPSA) is 52.6 Å². The highest BCUT2D eigenvalue weighted by Crippen LogP contribution is 2.42. The summed E-state index contributed by atoms with van der Waals surface area (Å²) < 4.78 is 39.7. The van der Waals surface area contributed by atoms with E-state index in [0.717, 1.165) is 11.6 Å². The van der Waals surface area contributed by atoms with Crippen molar-refractivity contribution in [3.05, 3.63) is 40.7 Å². The molecule has 0 spiro atoms. The van der Waals surface area contributed by atoms with Gasteiger partial charge in [0.15, 0.2) is 0 Å². The summed E-state index contributed by atoms with van der Waals surface area (Å²) in [6, 6.07) is 3.41. The van der Waals surface area contributed by atoms with Gasteiger partial charge in [0.05, 0.1) is 5.56 Å². The second kappa shape index (κ2) is 5.47. The molecule has 23 heavy (non-hydrogen) atoms. The Morgan fingerprint density at radius 3 is 2.78 bits per heavy atom. The Kier molecular flexibility index (Phi) is 3.74. The molecule has 2 aliphatic heterocycles. The van der Waals surface area contributed by atoms with Crippen molar-refractivity contribution in [3.63, 3.8) is 0 Å². The molecule has 0 saturated heterocycles. The van der Waals surface area contributed by atoms with Crippen LogP contribution in [0, 0.1) is 0 Å². The van der Waals surface area contributed by atoms with Crippen LogP contribution in [0.4, 0.5) is 18.9 Å². The lowest BCUT2D eigenvalue weighted by Gasteiger charge is -2.34. The Labute approximate surface area is 131 Å². The summed E-state index contributed by atoms with van der Waals surface area (Å²) in [7, 11) is 1.67. The third kappa shape index (κ3) is 2.75. The van der Waals surface area contributed by atoms with Crippen LogP contribution in [0.1, 0.15) is 30.4 Å². The predicted molar refractivity (Wildman–Crippen MR) is 79.0 cm³/mol. The van der Waals surface area contributed by atoms with Gasteiger partial charge in [-0.1, -0.05) is 6.07 Å². The van der Waals surface area contributed by atoms with Crippen molar-refractivity contribution in [2.24, 2.45) is 0 Å². The number of allylic oxidation sites excluding steroid dienone is 1. The maximum atomic E-state index is 13.2. The molecular formula is C16H17F3N2O2. The lowest BCUT2D eigenvalue weighted by Crippen LogP contribution is -2.42. The molecule has 3 rings (SSSR count). The van der Waals surface area contributed by atoms with Crippen LogP contribution >= 0.6 is 0 Å². The Morgan fingerprint density at radius 2 is 2.13 bits per heavy atom. The number of benzene rings is 1. The summed E-state index contributed by atoms with van der Waals surface area (Å²) in [5, 5.41) is 12.2. The number of alkyl halides is 3. The van der Waals surface area contributed by atoms with Gasteiger partial charge in [-0.2, -0.15) is 13.2 Å². The van der Waals surface area contributed by atoms with Crippen LogP contribution in [0.15, 0.2) is 29.6 Å². The van der Waals surface area contributed by atoms with Gasteiger partial charge in [-0.15, -0.1) is 0 Å². The van der Waals surface area contributed by atoms with Gasteiger partial charge >= 0.3 is 12.1 Å². The second-order valence-corrected chi connectivity index (χ2v) is 5.92. The number of halogens is 3. The fourth-order valence-electron chi connectivity index (χ4n) is 3.34. The van der Waals surface area contributed by atoms with E-state index in [2.05, 4.69) is 5.32 Å². The molecule has 1 aromatic rings. The molecule has 1 atom stereocenters. The minimum absolute atomic E-state index is 0.198. The fourth-order valence-corrected chi connectivity index (χ4v) is 3.34. The highest BCUT2D eigenvalue weighted by Gasteiger charge is 2.37. The largest absolute Gasteiger partial charge is 0.480 e. The smallest absolute Gasteiger partial charge is 0.416 e. The number of hydrogen-bond acceptors (Lipinski definition) is 3. The van der Waals surface area contributed by atoms with E-state index in [1.165, 1.54) is 6.07 Å². The van der Waals surface area contributed by atoms with Crippen LogP contribution in [-0.2, 0) is 17.4 Å². The Morgan fingerprint density at radius 1 is 1.39 bits per heavy atom. The van der Waals surface area contributed by atoms with Gasteiger partial charge in [-0.05, 0) is 49.0 Å². The number of carbonyl (C=O) groups is 1. The molecular weight excluding hydrogens is 309 g/mol. The van der Waals surface area contributed by atoms with Gasteiger partial charge in [-0.25, -0.2) is 4.79 Å². The molecule has 7 heteroatoms. The summed E-state index contributed by atoms with van der Waals surface area (Å²) in [6.07, 6.45) is -2.50. The number of carboxylic acid groups (broad SMARTS) is 1. The van der Waals surface area contributed by atoms with E-state index in [4.69, 9.17) is 0 Å². The first kappa shape index (κ1) is 15.7. The molecule has 0 bridgehead atoms. The SMILES string of the molecule is CN1C2=C(CCCC(C(=O)O)N2)Cc2c1cccc2C(F)(F)F. The summed E-state index contributed by atoms with van der Waals surface area (Å²) in [4.78, 5) is 12.9. The molecule has 0 aliphatic carbocycles. The third-order valence-corrected chi connectivity index (χ3v) is 4.46. The number of aliphatic carboxylic acids is 1. The van der Waals surface area contributed by atoms with Crippen LogP contribution in [0.3, 0.4) is 0 Å². The van der Waals surface area contributed by atoms with Gasteiger partial charge in [0.1, 0.15) is 11.9 Å². The zero-order valence-electron chi connectivity index (χ0n) is 12.6. The first-order chi connectivity index (χ1) is 10.8.